The number of unbranched alkanes of at least 4 members (excludes halogenated alkanes) is 1. The van der Waals surface area contributed by atoms with Crippen molar-refractivity contribution in [1.82, 2.24) is 4.90 Å². The van der Waals surface area contributed by atoms with Crippen molar-refractivity contribution in [1.29, 1.82) is 0 Å². The summed E-state index contributed by atoms with van der Waals surface area (Å²) >= 11 is 0. The molecule has 1 saturated carbocycles. The van der Waals surface area contributed by atoms with E-state index in [2.05, 4.69) is 18.9 Å². The largest absolute Gasteiger partial charge is 0.396 e. The lowest BCUT2D eigenvalue weighted by molar-refractivity contribution is 0.184. The van der Waals surface area contributed by atoms with Gasteiger partial charge in [-0.3, -0.25) is 0 Å². The fourth-order valence-corrected chi connectivity index (χ4v) is 2.71. The van der Waals surface area contributed by atoms with Gasteiger partial charge in [-0.2, -0.15) is 0 Å². The zero-order valence-corrected chi connectivity index (χ0v) is 9.71. The summed E-state index contributed by atoms with van der Waals surface area (Å²) in [7, 11) is 2.25. The van der Waals surface area contributed by atoms with Crippen LogP contribution in [0.4, 0.5) is 0 Å². The first-order valence-corrected chi connectivity index (χ1v) is 6.10. The fraction of sp³-hybridized carbons (Fsp3) is 1.00. The van der Waals surface area contributed by atoms with Crippen LogP contribution in [0, 0.1) is 5.92 Å². The van der Waals surface area contributed by atoms with E-state index in [4.69, 9.17) is 5.11 Å². The van der Waals surface area contributed by atoms with Gasteiger partial charge in [0, 0.05) is 12.6 Å². The highest BCUT2D eigenvalue weighted by Gasteiger charge is 2.28. The highest BCUT2D eigenvalue weighted by Crippen LogP contribution is 2.31. The molecular weight excluding hydrogens is 174 g/mol. The van der Waals surface area contributed by atoms with Gasteiger partial charge in [-0.1, -0.05) is 19.8 Å². The smallest absolute Gasteiger partial charge is 0.0431 e. The van der Waals surface area contributed by atoms with Crippen LogP contribution in [0.3, 0.4) is 0 Å². The lowest BCUT2D eigenvalue weighted by Crippen LogP contribution is -2.35. The van der Waals surface area contributed by atoms with E-state index in [-0.39, 0.29) is 0 Å². The number of hydrogen-bond donors (Lipinski definition) is 1. The molecule has 0 aromatic carbocycles. The van der Waals surface area contributed by atoms with Crippen LogP contribution in [-0.2, 0) is 0 Å². The molecule has 14 heavy (non-hydrogen) atoms. The van der Waals surface area contributed by atoms with Gasteiger partial charge in [0.05, 0.1) is 0 Å². The molecule has 0 aromatic heterocycles. The van der Waals surface area contributed by atoms with Crippen LogP contribution in [0.5, 0.6) is 0 Å². The Labute approximate surface area is 88.3 Å². The molecule has 1 fully saturated rings. The summed E-state index contributed by atoms with van der Waals surface area (Å²) in [6, 6.07) is 0.818. The fourth-order valence-electron chi connectivity index (χ4n) is 2.71. The van der Waals surface area contributed by atoms with Crippen molar-refractivity contribution in [3.8, 4) is 0 Å². The summed E-state index contributed by atoms with van der Waals surface area (Å²) < 4.78 is 0. The molecule has 1 aliphatic carbocycles. The lowest BCUT2D eigenvalue weighted by atomic mass is 9.99. The first-order chi connectivity index (χ1) is 6.79. The number of rotatable bonds is 6. The first kappa shape index (κ1) is 12.0. The Morgan fingerprint density at radius 1 is 1.29 bits per heavy atom. The van der Waals surface area contributed by atoms with Crippen LogP contribution in [0.1, 0.15) is 45.4 Å². The van der Waals surface area contributed by atoms with E-state index in [1.54, 1.807) is 0 Å². The van der Waals surface area contributed by atoms with E-state index in [1.807, 2.05) is 0 Å². The van der Waals surface area contributed by atoms with Gasteiger partial charge in [0.2, 0.25) is 0 Å². The maximum Gasteiger partial charge on any atom is 0.0431 e. The molecule has 0 heterocycles. The average Bonchev–Trinajstić information content (AvgIpc) is 2.65. The molecule has 2 unspecified atom stereocenters. The first-order valence-electron chi connectivity index (χ1n) is 6.10. The van der Waals surface area contributed by atoms with Gasteiger partial charge in [0.1, 0.15) is 0 Å². The lowest BCUT2D eigenvalue weighted by Gasteiger charge is -2.29. The summed E-state index contributed by atoms with van der Waals surface area (Å²) in [6.07, 6.45) is 7.63. The van der Waals surface area contributed by atoms with Gasteiger partial charge in [-0.15, -0.1) is 0 Å². The van der Waals surface area contributed by atoms with E-state index in [1.165, 1.54) is 25.7 Å². The van der Waals surface area contributed by atoms with Crippen LogP contribution in [0.25, 0.3) is 0 Å². The molecule has 0 aliphatic heterocycles. The van der Waals surface area contributed by atoms with Crippen molar-refractivity contribution >= 4 is 0 Å². The molecule has 1 N–H and O–H groups in total. The number of nitrogens with zero attached hydrogens (tertiary/aromatic N) is 1. The number of hydrogen-bond acceptors (Lipinski definition) is 2. The quantitative estimate of drug-likeness (QED) is 0.663. The van der Waals surface area contributed by atoms with Gasteiger partial charge >= 0.3 is 0 Å². The molecule has 0 saturated heterocycles. The second kappa shape index (κ2) is 6.41. The SMILES string of the molecule is CCC1CCCC1N(C)CCCCO. The molecule has 1 aliphatic rings. The molecule has 0 aromatic rings. The summed E-state index contributed by atoms with van der Waals surface area (Å²) in [5.74, 6) is 0.925. The van der Waals surface area contributed by atoms with Crippen LogP contribution < -0.4 is 0 Å². The third-order valence-corrected chi connectivity index (χ3v) is 3.63. The Morgan fingerprint density at radius 2 is 2.07 bits per heavy atom. The Morgan fingerprint density at radius 3 is 2.71 bits per heavy atom. The van der Waals surface area contributed by atoms with Gasteiger partial charge in [0.25, 0.3) is 0 Å². The van der Waals surface area contributed by atoms with Gasteiger partial charge in [0.15, 0.2) is 0 Å². The van der Waals surface area contributed by atoms with Crippen LogP contribution >= 0.6 is 0 Å². The Bertz CT molecular complexity index is 149. The predicted octanol–water partition coefficient (Wildman–Crippen LogP) is 2.27. The summed E-state index contributed by atoms with van der Waals surface area (Å²) in [5, 5.41) is 8.72. The highest BCUT2D eigenvalue weighted by molar-refractivity contribution is 4.83. The van der Waals surface area contributed by atoms with E-state index >= 15 is 0 Å². The maximum atomic E-state index is 8.72. The molecule has 0 bridgehead atoms. The van der Waals surface area contributed by atoms with E-state index in [9.17, 15) is 0 Å². The number of aliphatic hydroxyl groups excluding tert-OH is 1. The molecular formula is C12H25NO. The Kier molecular flexibility index (Phi) is 5.49. The third-order valence-electron chi connectivity index (χ3n) is 3.63. The third kappa shape index (κ3) is 3.25. The van der Waals surface area contributed by atoms with Gasteiger partial charge in [-0.25, -0.2) is 0 Å². The standard InChI is InChI=1S/C12H25NO/c1-3-11-7-6-8-12(11)13(2)9-4-5-10-14/h11-12,14H,3-10H2,1-2H3. The second-order valence-electron chi connectivity index (χ2n) is 4.58. The average molecular weight is 199 g/mol. The van der Waals surface area contributed by atoms with Crippen molar-refractivity contribution in [3.05, 3.63) is 0 Å². The monoisotopic (exact) mass is 199 g/mol. The van der Waals surface area contributed by atoms with Crippen molar-refractivity contribution in [2.24, 2.45) is 5.92 Å². The summed E-state index contributed by atoms with van der Waals surface area (Å²) in [6.45, 7) is 3.81. The number of aliphatic hydroxyl groups is 1. The summed E-state index contributed by atoms with van der Waals surface area (Å²) in [4.78, 5) is 2.51. The second-order valence-corrected chi connectivity index (χ2v) is 4.58. The molecule has 2 nitrogen and oxygen atoms in total. The molecule has 84 valence electrons. The Hall–Kier alpha value is -0.0800. The van der Waals surface area contributed by atoms with Crippen molar-refractivity contribution in [2.75, 3.05) is 20.2 Å². The molecule has 2 atom stereocenters. The minimum Gasteiger partial charge on any atom is -0.396 e. The zero-order chi connectivity index (χ0) is 10.4. The van der Waals surface area contributed by atoms with E-state index < -0.39 is 0 Å². The molecule has 0 spiro atoms. The minimum absolute atomic E-state index is 0.343. The minimum atomic E-state index is 0.343. The van der Waals surface area contributed by atoms with Gasteiger partial charge < -0.3 is 10.0 Å². The highest BCUT2D eigenvalue weighted by atomic mass is 16.2. The summed E-state index contributed by atoms with van der Waals surface area (Å²) in [5.41, 5.74) is 0. The van der Waals surface area contributed by atoms with E-state index in [0.717, 1.165) is 31.3 Å². The zero-order valence-electron chi connectivity index (χ0n) is 9.71. The van der Waals surface area contributed by atoms with Crippen molar-refractivity contribution in [2.45, 2.75) is 51.5 Å². The maximum absolute atomic E-state index is 8.72. The molecule has 1 rings (SSSR count). The Balaban J connectivity index is 2.24. The molecule has 0 radical (unpaired) electrons. The van der Waals surface area contributed by atoms with Gasteiger partial charge in [-0.05, 0) is 45.2 Å². The topological polar surface area (TPSA) is 23.5 Å². The van der Waals surface area contributed by atoms with E-state index in [0.29, 0.717) is 6.61 Å². The van der Waals surface area contributed by atoms with Crippen molar-refractivity contribution in [3.63, 3.8) is 0 Å². The molecule has 2 heteroatoms. The van der Waals surface area contributed by atoms with Crippen LogP contribution in [0.15, 0.2) is 0 Å². The normalized spacial score (nSPS) is 27.4. The van der Waals surface area contributed by atoms with Crippen molar-refractivity contribution < 1.29 is 5.11 Å². The predicted molar refractivity (Wildman–Crippen MR) is 60.4 cm³/mol. The molecule has 0 amide bonds. The van der Waals surface area contributed by atoms with Crippen LogP contribution in [-0.4, -0.2) is 36.2 Å². The van der Waals surface area contributed by atoms with Crippen LogP contribution in [0.2, 0.25) is 0 Å².